The zero-order chi connectivity index (χ0) is 27.1. The summed E-state index contributed by atoms with van der Waals surface area (Å²) < 4.78 is 6.05. The maximum absolute atomic E-state index is 12.9. The van der Waals surface area contributed by atoms with Gasteiger partial charge in [-0.2, -0.15) is 0 Å². The molecule has 1 aromatic rings. The number of carbonyl (C=O) groups excluding carboxylic acids is 1. The molecule has 0 heterocycles. The fraction of sp³-hybridized carbons (Fsp3) is 0.694. The number of allylic oxidation sites excluding steroid dienone is 1. The van der Waals surface area contributed by atoms with Gasteiger partial charge in [0.25, 0.3) is 0 Å². The zero-order valence-electron chi connectivity index (χ0n) is 24.8. The molecule has 0 amide bonds. The SMILES string of the molecule is C=Cc1ccc(C(=O)O[C@@H]2CC[C@@]3(C)C(=CC[C@H]4[C@H]5CC[C@@H]([C@H](C)CCCC(C)C)[C@@]5(C)CC[C@@H]43)C2)cc1. The monoisotopic (exact) mass is 516 g/mol. The van der Waals surface area contributed by atoms with Crippen molar-refractivity contribution in [1.82, 2.24) is 0 Å². The van der Waals surface area contributed by atoms with E-state index in [2.05, 4.69) is 47.3 Å². The van der Waals surface area contributed by atoms with E-state index < -0.39 is 0 Å². The summed E-state index contributed by atoms with van der Waals surface area (Å²) in [5.41, 5.74) is 4.08. The van der Waals surface area contributed by atoms with Crippen molar-refractivity contribution in [3.63, 3.8) is 0 Å². The number of carbonyl (C=O) groups is 1. The Balaban J connectivity index is 1.24. The number of rotatable bonds is 8. The molecule has 3 saturated carbocycles. The maximum Gasteiger partial charge on any atom is 0.338 e. The normalized spacial score (nSPS) is 37.0. The lowest BCUT2D eigenvalue weighted by Crippen LogP contribution is -2.51. The smallest absolute Gasteiger partial charge is 0.338 e. The summed E-state index contributed by atoms with van der Waals surface area (Å²) in [6.07, 6.45) is 18.6. The average Bonchev–Trinajstić information content (AvgIpc) is 3.26. The van der Waals surface area contributed by atoms with Crippen LogP contribution in [0, 0.1) is 46.3 Å². The van der Waals surface area contributed by atoms with Crippen LogP contribution in [0.3, 0.4) is 0 Å². The first-order valence-corrected chi connectivity index (χ1v) is 15.8. The average molecular weight is 517 g/mol. The molecule has 0 unspecified atom stereocenters. The second-order valence-electron chi connectivity index (χ2n) is 14.4. The Kier molecular flexibility index (Phi) is 8.01. The largest absolute Gasteiger partial charge is 0.458 e. The van der Waals surface area contributed by atoms with Crippen LogP contribution in [0.4, 0.5) is 0 Å². The van der Waals surface area contributed by atoms with Gasteiger partial charge in [-0.25, -0.2) is 4.79 Å². The van der Waals surface area contributed by atoms with Gasteiger partial charge < -0.3 is 4.74 Å². The molecule has 1 aromatic carbocycles. The number of esters is 1. The predicted molar refractivity (Wildman–Crippen MR) is 159 cm³/mol. The van der Waals surface area contributed by atoms with Crippen LogP contribution < -0.4 is 0 Å². The van der Waals surface area contributed by atoms with E-state index in [1.165, 1.54) is 51.4 Å². The van der Waals surface area contributed by atoms with Crippen molar-refractivity contribution in [2.45, 2.75) is 111 Å². The highest BCUT2D eigenvalue weighted by molar-refractivity contribution is 5.89. The Morgan fingerprint density at radius 3 is 2.50 bits per heavy atom. The van der Waals surface area contributed by atoms with Crippen LogP contribution in [0.15, 0.2) is 42.5 Å². The lowest BCUT2D eigenvalue weighted by Gasteiger charge is -2.58. The number of ether oxygens (including phenoxy) is 1. The van der Waals surface area contributed by atoms with E-state index >= 15 is 0 Å². The lowest BCUT2D eigenvalue weighted by molar-refractivity contribution is -0.0594. The van der Waals surface area contributed by atoms with Gasteiger partial charge in [0.2, 0.25) is 0 Å². The molecule has 3 fully saturated rings. The highest BCUT2D eigenvalue weighted by Crippen LogP contribution is 2.67. The fourth-order valence-electron chi connectivity index (χ4n) is 9.73. The molecule has 0 aromatic heterocycles. The van der Waals surface area contributed by atoms with E-state index in [1.54, 1.807) is 11.6 Å². The Morgan fingerprint density at radius 1 is 1.03 bits per heavy atom. The molecule has 38 heavy (non-hydrogen) atoms. The molecule has 0 radical (unpaired) electrons. The van der Waals surface area contributed by atoms with Gasteiger partial charge in [0.1, 0.15) is 6.10 Å². The third-order valence-corrected chi connectivity index (χ3v) is 11.9. The molecule has 0 aliphatic heterocycles. The first-order valence-electron chi connectivity index (χ1n) is 15.8. The van der Waals surface area contributed by atoms with Gasteiger partial charge in [-0.05, 0) is 109 Å². The highest BCUT2D eigenvalue weighted by atomic mass is 16.5. The fourth-order valence-corrected chi connectivity index (χ4v) is 9.73. The van der Waals surface area contributed by atoms with Crippen molar-refractivity contribution in [3.8, 4) is 0 Å². The van der Waals surface area contributed by atoms with E-state index in [0.717, 1.165) is 60.3 Å². The quantitative estimate of drug-likeness (QED) is 0.254. The Morgan fingerprint density at radius 2 is 1.79 bits per heavy atom. The van der Waals surface area contributed by atoms with Crippen LogP contribution >= 0.6 is 0 Å². The summed E-state index contributed by atoms with van der Waals surface area (Å²) >= 11 is 0. The van der Waals surface area contributed by atoms with E-state index in [9.17, 15) is 4.79 Å². The van der Waals surface area contributed by atoms with Crippen molar-refractivity contribution in [2.75, 3.05) is 0 Å². The van der Waals surface area contributed by atoms with Gasteiger partial charge in [-0.15, -0.1) is 0 Å². The van der Waals surface area contributed by atoms with Crippen molar-refractivity contribution < 1.29 is 9.53 Å². The van der Waals surface area contributed by atoms with Gasteiger partial charge in [-0.3, -0.25) is 0 Å². The van der Waals surface area contributed by atoms with E-state index in [-0.39, 0.29) is 12.1 Å². The number of hydrogen-bond donors (Lipinski definition) is 0. The van der Waals surface area contributed by atoms with Crippen molar-refractivity contribution in [3.05, 3.63) is 53.6 Å². The highest BCUT2D eigenvalue weighted by Gasteiger charge is 2.59. The van der Waals surface area contributed by atoms with Gasteiger partial charge in [0.15, 0.2) is 0 Å². The molecule has 4 aliphatic rings. The molecular formula is C36H52O2. The Labute approximate surface area is 232 Å². The van der Waals surface area contributed by atoms with Gasteiger partial charge >= 0.3 is 5.97 Å². The Bertz CT molecular complexity index is 1030. The number of fused-ring (bicyclic) bond motifs is 5. The van der Waals surface area contributed by atoms with Crippen molar-refractivity contribution in [2.24, 2.45) is 46.3 Å². The first kappa shape index (κ1) is 27.7. The summed E-state index contributed by atoms with van der Waals surface area (Å²) in [5.74, 6) is 4.96. The molecule has 0 bridgehead atoms. The molecule has 0 spiro atoms. The van der Waals surface area contributed by atoms with Crippen molar-refractivity contribution >= 4 is 12.0 Å². The minimum atomic E-state index is -0.184. The van der Waals surface area contributed by atoms with E-state index in [1.807, 2.05) is 24.3 Å². The van der Waals surface area contributed by atoms with Crippen molar-refractivity contribution in [1.29, 1.82) is 0 Å². The molecular weight excluding hydrogens is 464 g/mol. The van der Waals surface area contributed by atoms with Gasteiger partial charge in [-0.1, -0.05) is 90.3 Å². The van der Waals surface area contributed by atoms with Crippen LogP contribution in [0.1, 0.15) is 121 Å². The molecule has 4 aliphatic carbocycles. The van der Waals surface area contributed by atoms with Gasteiger partial charge in [0, 0.05) is 6.42 Å². The van der Waals surface area contributed by atoms with Crippen LogP contribution in [-0.4, -0.2) is 12.1 Å². The first-order chi connectivity index (χ1) is 18.2. The van der Waals surface area contributed by atoms with Crippen LogP contribution in [0.25, 0.3) is 6.08 Å². The molecule has 0 N–H and O–H groups in total. The minimum Gasteiger partial charge on any atom is -0.458 e. The Hall–Kier alpha value is -1.83. The zero-order valence-corrected chi connectivity index (χ0v) is 24.8. The van der Waals surface area contributed by atoms with Crippen LogP contribution in [-0.2, 0) is 4.74 Å². The predicted octanol–water partition coefficient (Wildman–Crippen LogP) is 9.90. The second-order valence-corrected chi connectivity index (χ2v) is 14.4. The topological polar surface area (TPSA) is 26.3 Å². The molecule has 0 saturated heterocycles. The van der Waals surface area contributed by atoms with Crippen LogP contribution in [0.5, 0.6) is 0 Å². The van der Waals surface area contributed by atoms with Crippen LogP contribution in [0.2, 0.25) is 0 Å². The molecule has 208 valence electrons. The van der Waals surface area contributed by atoms with E-state index in [4.69, 9.17) is 4.74 Å². The lowest BCUT2D eigenvalue weighted by atomic mass is 9.47. The molecule has 5 rings (SSSR count). The van der Waals surface area contributed by atoms with Gasteiger partial charge in [0.05, 0.1) is 5.56 Å². The minimum absolute atomic E-state index is 0.00821. The molecule has 8 atom stereocenters. The summed E-state index contributed by atoms with van der Waals surface area (Å²) in [4.78, 5) is 12.9. The summed E-state index contributed by atoms with van der Waals surface area (Å²) in [5, 5.41) is 0. The van der Waals surface area contributed by atoms with E-state index in [0.29, 0.717) is 16.4 Å². The standard InChI is InChI=1S/C36H52O2/c1-7-26-11-13-27(14-12-26)34(37)38-29-19-21-35(5)28(23-29)15-16-30-32-18-17-31(25(4)10-8-9-24(2)3)36(32,6)22-20-33(30)35/h7,11-15,24-25,29-33H,1,8-10,16-23H2,2-6H3/t25-,29-,30+,31+,32-,33+,35+,36-/m1/s1. The molecule has 2 heteroatoms. The number of benzene rings is 1. The maximum atomic E-state index is 12.9. The second kappa shape index (κ2) is 11.0. The summed E-state index contributed by atoms with van der Waals surface area (Å²) in [7, 11) is 0. The molecule has 2 nitrogen and oxygen atoms in total. The summed E-state index contributed by atoms with van der Waals surface area (Å²) in [6.45, 7) is 16.3. The number of hydrogen-bond acceptors (Lipinski definition) is 2. The third-order valence-electron chi connectivity index (χ3n) is 11.9. The third kappa shape index (κ3) is 5.06. The summed E-state index contributed by atoms with van der Waals surface area (Å²) in [6, 6.07) is 7.58.